The number of aromatic nitrogens is 4. The zero-order chi connectivity index (χ0) is 23.0. The molecule has 3 aromatic rings. The normalized spacial score (nSPS) is 19.5. The molecule has 170 valence electrons. The van der Waals surface area contributed by atoms with Crippen molar-refractivity contribution in [1.82, 2.24) is 19.7 Å². The van der Waals surface area contributed by atoms with Crippen molar-refractivity contribution in [2.45, 2.75) is 43.6 Å². The molecule has 9 heteroatoms. The summed E-state index contributed by atoms with van der Waals surface area (Å²) in [6, 6.07) is 8.70. The van der Waals surface area contributed by atoms with E-state index in [-0.39, 0.29) is 19.1 Å². The number of aryl methyl sites for hydroxylation is 2. The molecule has 1 aromatic carbocycles. The lowest BCUT2D eigenvalue weighted by molar-refractivity contribution is -0.206. The molecule has 2 aliphatic heterocycles. The number of hydrogen-bond acceptors (Lipinski definition) is 5. The maximum atomic E-state index is 15.7. The number of ether oxygens (including phenoxy) is 1. The van der Waals surface area contributed by atoms with Gasteiger partial charge in [0.2, 0.25) is 5.82 Å². The zero-order valence-corrected chi connectivity index (χ0v) is 18.4. The lowest BCUT2D eigenvalue weighted by Gasteiger charge is -2.46. The highest BCUT2D eigenvalue weighted by Gasteiger charge is 2.63. The SMILES string of the molecule is Cc1cc2c(c(C3CC3)n1)CN(c1cccc(C3(C(F)(F)c4nncn4C)COC3)c1)C2=O. The van der Waals surface area contributed by atoms with E-state index in [1.807, 2.05) is 13.0 Å². The van der Waals surface area contributed by atoms with Crippen LogP contribution >= 0.6 is 0 Å². The van der Waals surface area contributed by atoms with Crippen molar-refractivity contribution < 1.29 is 18.3 Å². The Labute approximate surface area is 189 Å². The van der Waals surface area contributed by atoms with Gasteiger partial charge < -0.3 is 14.2 Å². The molecule has 6 rings (SSSR count). The topological polar surface area (TPSA) is 73.1 Å². The Balaban J connectivity index is 1.39. The fraction of sp³-hybridized carbons (Fsp3) is 0.417. The van der Waals surface area contributed by atoms with Gasteiger partial charge in [-0.1, -0.05) is 12.1 Å². The van der Waals surface area contributed by atoms with Crippen LogP contribution in [-0.4, -0.2) is 38.9 Å². The molecule has 1 aliphatic carbocycles. The summed E-state index contributed by atoms with van der Waals surface area (Å²) in [6.07, 6.45) is 3.44. The monoisotopic (exact) mass is 451 g/mol. The van der Waals surface area contributed by atoms with Crippen molar-refractivity contribution in [3.63, 3.8) is 0 Å². The van der Waals surface area contributed by atoms with Gasteiger partial charge in [0, 0.05) is 41.2 Å². The maximum absolute atomic E-state index is 15.7. The highest BCUT2D eigenvalue weighted by Crippen LogP contribution is 2.51. The fourth-order valence-corrected chi connectivity index (χ4v) is 4.95. The molecule has 1 saturated carbocycles. The molecule has 4 heterocycles. The average Bonchev–Trinajstić information content (AvgIpc) is 3.42. The number of carbonyl (C=O) groups is 1. The number of benzene rings is 1. The number of nitrogens with zero attached hydrogens (tertiary/aromatic N) is 5. The third-order valence-electron chi connectivity index (χ3n) is 7.04. The largest absolute Gasteiger partial charge is 0.379 e. The maximum Gasteiger partial charge on any atom is 0.320 e. The van der Waals surface area contributed by atoms with Crippen LogP contribution in [0.4, 0.5) is 14.5 Å². The summed E-state index contributed by atoms with van der Waals surface area (Å²) in [4.78, 5) is 19.7. The number of alkyl halides is 2. The number of amides is 1. The summed E-state index contributed by atoms with van der Waals surface area (Å²) in [5, 5.41) is 7.31. The number of hydrogen-bond donors (Lipinski definition) is 0. The molecular weight excluding hydrogens is 428 g/mol. The molecule has 0 unspecified atom stereocenters. The molecule has 33 heavy (non-hydrogen) atoms. The Morgan fingerprint density at radius 2 is 2.00 bits per heavy atom. The number of halogens is 2. The number of anilines is 1. The van der Waals surface area contributed by atoms with E-state index >= 15 is 8.78 Å². The molecule has 0 spiro atoms. The first-order chi connectivity index (χ1) is 15.8. The third kappa shape index (κ3) is 2.88. The second-order valence-corrected chi connectivity index (χ2v) is 9.31. The molecule has 1 saturated heterocycles. The van der Waals surface area contributed by atoms with Gasteiger partial charge in [-0.2, -0.15) is 8.78 Å². The zero-order valence-electron chi connectivity index (χ0n) is 18.4. The average molecular weight is 451 g/mol. The predicted octanol–water partition coefficient (Wildman–Crippen LogP) is 3.62. The molecule has 0 bridgehead atoms. The van der Waals surface area contributed by atoms with Crippen molar-refractivity contribution >= 4 is 11.6 Å². The highest BCUT2D eigenvalue weighted by molar-refractivity contribution is 6.10. The standard InChI is InChI=1S/C24H23F2N5O2/c1-14-8-18-19(20(28-14)15-6-7-15)10-31(21(18)32)17-5-3-4-16(9-17)23(11-33-12-23)24(25,26)22-29-27-13-30(22)2/h3-5,8-9,13,15H,6-7,10-12H2,1-2H3. The summed E-state index contributed by atoms with van der Waals surface area (Å²) in [5.74, 6) is -3.41. The first-order valence-electron chi connectivity index (χ1n) is 11.0. The Hall–Kier alpha value is -3.20. The summed E-state index contributed by atoms with van der Waals surface area (Å²) in [7, 11) is 1.50. The van der Waals surface area contributed by atoms with Crippen LogP contribution in [0.5, 0.6) is 0 Å². The predicted molar refractivity (Wildman–Crippen MR) is 115 cm³/mol. The molecule has 0 radical (unpaired) electrons. The second kappa shape index (κ2) is 6.90. The molecule has 3 aliphatic rings. The van der Waals surface area contributed by atoms with Crippen molar-refractivity contribution in [3.05, 3.63) is 70.6 Å². The molecule has 7 nitrogen and oxygen atoms in total. The summed E-state index contributed by atoms with van der Waals surface area (Å²) < 4.78 is 38.0. The second-order valence-electron chi connectivity index (χ2n) is 9.31. The quantitative estimate of drug-likeness (QED) is 0.593. The minimum atomic E-state index is -3.30. The molecule has 2 fully saturated rings. The Morgan fingerprint density at radius 1 is 1.21 bits per heavy atom. The van der Waals surface area contributed by atoms with E-state index in [0.29, 0.717) is 29.3 Å². The lowest BCUT2D eigenvalue weighted by atomic mass is 9.72. The van der Waals surface area contributed by atoms with Gasteiger partial charge in [-0.05, 0) is 43.5 Å². The van der Waals surface area contributed by atoms with E-state index in [4.69, 9.17) is 9.72 Å². The number of carbonyl (C=O) groups excluding carboxylic acids is 1. The van der Waals surface area contributed by atoms with E-state index in [1.165, 1.54) is 17.9 Å². The highest BCUT2D eigenvalue weighted by atomic mass is 19.3. The van der Waals surface area contributed by atoms with Gasteiger partial charge in [-0.3, -0.25) is 9.78 Å². The van der Waals surface area contributed by atoms with Crippen LogP contribution < -0.4 is 4.90 Å². The van der Waals surface area contributed by atoms with Crippen LogP contribution in [0.15, 0.2) is 36.7 Å². The molecule has 2 aromatic heterocycles. The fourth-order valence-electron chi connectivity index (χ4n) is 4.95. The van der Waals surface area contributed by atoms with E-state index in [2.05, 4.69) is 10.2 Å². The number of fused-ring (bicyclic) bond motifs is 1. The minimum absolute atomic E-state index is 0.117. The van der Waals surface area contributed by atoms with Gasteiger partial charge in [-0.25, -0.2) is 0 Å². The van der Waals surface area contributed by atoms with Gasteiger partial charge in [0.05, 0.1) is 19.8 Å². The summed E-state index contributed by atoms with van der Waals surface area (Å²) in [5.41, 5.74) is 2.90. The van der Waals surface area contributed by atoms with Gasteiger partial charge >= 0.3 is 5.92 Å². The number of rotatable bonds is 5. The van der Waals surface area contributed by atoms with Crippen LogP contribution in [-0.2, 0) is 29.7 Å². The molecule has 0 atom stereocenters. The Bertz CT molecular complexity index is 1280. The van der Waals surface area contributed by atoms with Crippen molar-refractivity contribution in [2.24, 2.45) is 7.05 Å². The Morgan fingerprint density at radius 3 is 2.64 bits per heavy atom. The van der Waals surface area contributed by atoms with Gasteiger partial charge in [0.25, 0.3) is 5.91 Å². The lowest BCUT2D eigenvalue weighted by Crippen LogP contribution is -2.58. The van der Waals surface area contributed by atoms with Gasteiger partial charge in [-0.15, -0.1) is 10.2 Å². The van der Waals surface area contributed by atoms with Crippen molar-refractivity contribution in [2.75, 3.05) is 18.1 Å². The van der Waals surface area contributed by atoms with Crippen molar-refractivity contribution in [3.8, 4) is 0 Å². The molecule has 0 N–H and O–H groups in total. The van der Waals surface area contributed by atoms with Crippen LogP contribution in [0.2, 0.25) is 0 Å². The van der Waals surface area contributed by atoms with Gasteiger partial charge in [0.1, 0.15) is 11.7 Å². The van der Waals surface area contributed by atoms with Gasteiger partial charge in [0.15, 0.2) is 0 Å². The first kappa shape index (κ1) is 20.4. The molecule has 1 amide bonds. The van der Waals surface area contributed by atoms with E-state index in [0.717, 1.165) is 29.8 Å². The Kier molecular flexibility index (Phi) is 4.27. The van der Waals surface area contributed by atoms with Crippen LogP contribution in [0, 0.1) is 6.92 Å². The van der Waals surface area contributed by atoms with E-state index in [9.17, 15) is 4.79 Å². The van der Waals surface area contributed by atoms with Crippen LogP contribution in [0.25, 0.3) is 0 Å². The third-order valence-corrected chi connectivity index (χ3v) is 7.04. The minimum Gasteiger partial charge on any atom is -0.379 e. The van der Waals surface area contributed by atoms with E-state index in [1.54, 1.807) is 29.2 Å². The van der Waals surface area contributed by atoms with Crippen LogP contribution in [0.1, 0.15) is 57.5 Å². The summed E-state index contributed by atoms with van der Waals surface area (Å²) in [6.45, 7) is 2.02. The number of pyridine rings is 1. The first-order valence-corrected chi connectivity index (χ1v) is 11.0. The van der Waals surface area contributed by atoms with E-state index < -0.39 is 17.2 Å². The molecular formula is C24H23F2N5O2. The summed E-state index contributed by atoms with van der Waals surface area (Å²) >= 11 is 0. The van der Waals surface area contributed by atoms with Crippen molar-refractivity contribution in [1.29, 1.82) is 0 Å². The van der Waals surface area contributed by atoms with Crippen LogP contribution in [0.3, 0.4) is 0 Å². The smallest absolute Gasteiger partial charge is 0.320 e.